The second-order valence-corrected chi connectivity index (χ2v) is 3.21. The molecule has 76 valence electrons. The molecule has 0 saturated carbocycles. The van der Waals surface area contributed by atoms with Crippen LogP contribution < -0.4 is 22.3 Å². The van der Waals surface area contributed by atoms with Crippen LogP contribution in [-0.4, -0.2) is 22.4 Å². The van der Waals surface area contributed by atoms with Crippen molar-refractivity contribution >= 4 is 33.6 Å². The predicted molar refractivity (Wildman–Crippen MR) is 55.2 cm³/mol. The van der Waals surface area contributed by atoms with Crippen molar-refractivity contribution in [2.45, 2.75) is 0 Å². The fourth-order valence-corrected chi connectivity index (χ4v) is 1.06. The lowest BCUT2D eigenvalue weighted by molar-refractivity contribution is -0.116. The number of nitrogen functional groups attached to an aromatic ring is 1. The highest BCUT2D eigenvalue weighted by atomic mass is 79.9. The zero-order chi connectivity index (χ0) is 10.6. The molecule has 7 nitrogen and oxygen atoms in total. The molecule has 0 radical (unpaired) electrons. The summed E-state index contributed by atoms with van der Waals surface area (Å²) in [5.74, 6) is 5.34. The lowest BCUT2D eigenvalue weighted by atomic mass is 10.5. The van der Waals surface area contributed by atoms with Gasteiger partial charge >= 0.3 is 0 Å². The van der Waals surface area contributed by atoms with Gasteiger partial charge in [0.15, 0.2) is 0 Å². The number of nitrogens with one attached hydrogen (secondary N) is 2. The van der Waals surface area contributed by atoms with E-state index in [1.807, 2.05) is 0 Å². The van der Waals surface area contributed by atoms with Crippen LogP contribution in [0.1, 0.15) is 0 Å². The summed E-state index contributed by atoms with van der Waals surface area (Å²) in [6.45, 7) is -0.000372. The van der Waals surface area contributed by atoms with Gasteiger partial charge in [-0.15, -0.1) is 0 Å². The fourth-order valence-electron chi connectivity index (χ4n) is 0.731. The van der Waals surface area contributed by atoms with Crippen molar-refractivity contribution in [3.05, 3.63) is 10.7 Å². The number of rotatable bonds is 4. The number of aromatic nitrogens is 2. The van der Waals surface area contributed by atoms with Crippen LogP contribution in [0.3, 0.4) is 0 Å². The van der Waals surface area contributed by atoms with Crippen molar-refractivity contribution in [2.75, 3.05) is 17.3 Å². The van der Waals surface area contributed by atoms with Crippen molar-refractivity contribution in [1.29, 1.82) is 0 Å². The molecule has 0 aromatic carbocycles. The first-order chi connectivity index (χ1) is 6.63. The fraction of sp³-hybridized carbons (Fsp3) is 0.167. The molecule has 1 aromatic heterocycles. The van der Waals surface area contributed by atoms with Gasteiger partial charge in [0.05, 0.1) is 11.0 Å². The molecule has 1 heterocycles. The van der Waals surface area contributed by atoms with E-state index < -0.39 is 5.91 Å². The average Bonchev–Trinajstić information content (AvgIpc) is 2.16. The van der Waals surface area contributed by atoms with Crippen LogP contribution in [0.25, 0.3) is 0 Å². The van der Waals surface area contributed by atoms with Gasteiger partial charge in [0.1, 0.15) is 5.82 Å². The maximum Gasteiger partial charge on any atom is 0.239 e. The zero-order valence-corrected chi connectivity index (χ0v) is 8.71. The minimum atomic E-state index is -0.474. The number of hydrogen-bond acceptors (Lipinski definition) is 6. The van der Waals surface area contributed by atoms with E-state index in [4.69, 9.17) is 11.6 Å². The van der Waals surface area contributed by atoms with Gasteiger partial charge in [0.2, 0.25) is 11.9 Å². The maximum absolute atomic E-state index is 10.5. The lowest BCUT2D eigenvalue weighted by Gasteiger charge is -2.06. The summed E-state index contributed by atoms with van der Waals surface area (Å²) in [6, 6.07) is 0. The Balaban J connectivity index is 2.78. The molecule has 0 fully saturated rings. The molecule has 0 aliphatic heterocycles. The van der Waals surface area contributed by atoms with Crippen LogP contribution in [-0.2, 0) is 4.79 Å². The molecule has 0 spiro atoms. The molecule has 6 N–H and O–H groups in total. The molecule has 0 unspecified atom stereocenters. The summed E-state index contributed by atoms with van der Waals surface area (Å²) in [7, 11) is 0. The predicted octanol–water partition coefficient (Wildman–Crippen LogP) is -0.578. The molecule has 0 atom stereocenters. The summed E-state index contributed by atoms with van der Waals surface area (Å²) in [6.07, 6.45) is 1.51. The normalized spacial score (nSPS) is 9.57. The molecule has 0 saturated heterocycles. The standard InChI is InChI=1S/C6H9BrN6O/c7-3-1-11-6(13-9)12-5(3)10-2-4(8)14/h1H,2,9H2,(H2,8,14)(H2,10,11,12,13). The molecular weight excluding hydrogens is 252 g/mol. The van der Waals surface area contributed by atoms with E-state index in [9.17, 15) is 4.79 Å². The lowest BCUT2D eigenvalue weighted by Crippen LogP contribution is -2.22. The van der Waals surface area contributed by atoms with Crippen molar-refractivity contribution in [2.24, 2.45) is 11.6 Å². The Bertz CT molecular complexity index is 343. The Morgan fingerprint density at radius 1 is 1.64 bits per heavy atom. The molecule has 1 aromatic rings. The van der Waals surface area contributed by atoms with E-state index in [1.54, 1.807) is 0 Å². The van der Waals surface area contributed by atoms with E-state index in [0.717, 1.165) is 0 Å². The Labute approximate surface area is 88.4 Å². The average molecular weight is 261 g/mol. The monoisotopic (exact) mass is 260 g/mol. The number of hydrazine groups is 1. The number of amides is 1. The summed E-state index contributed by atoms with van der Waals surface area (Å²) in [5, 5.41) is 2.72. The van der Waals surface area contributed by atoms with E-state index in [-0.39, 0.29) is 12.5 Å². The number of anilines is 2. The topological polar surface area (TPSA) is 119 Å². The van der Waals surface area contributed by atoms with Gasteiger partial charge in [-0.1, -0.05) is 0 Å². The minimum absolute atomic E-state index is 0.000372. The third kappa shape index (κ3) is 2.82. The number of carbonyl (C=O) groups is 1. The quantitative estimate of drug-likeness (QED) is 0.425. The molecular formula is C6H9BrN6O. The van der Waals surface area contributed by atoms with Gasteiger partial charge in [0.25, 0.3) is 0 Å². The van der Waals surface area contributed by atoms with Crippen molar-refractivity contribution in [3.63, 3.8) is 0 Å². The van der Waals surface area contributed by atoms with E-state index >= 15 is 0 Å². The van der Waals surface area contributed by atoms with Crippen molar-refractivity contribution in [1.82, 2.24) is 9.97 Å². The van der Waals surface area contributed by atoms with Crippen LogP contribution in [0, 0.1) is 0 Å². The third-order valence-corrected chi connectivity index (χ3v) is 1.88. The second-order valence-electron chi connectivity index (χ2n) is 2.35. The Kier molecular flexibility index (Phi) is 3.60. The van der Waals surface area contributed by atoms with Crippen LogP contribution in [0.4, 0.5) is 11.8 Å². The molecule has 0 aliphatic rings. The molecule has 0 bridgehead atoms. The molecule has 8 heteroatoms. The van der Waals surface area contributed by atoms with Crippen LogP contribution in [0.2, 0.25) is 0 Å². The maximum atomic E-state index is 10.5. The zero-order valence-electron chi connectivity index (χ0n) is 7.12. The Morgan fingerprint density at radius 2 is 2.36 bits per heavy atom. The molecule has 0 aliphatic carbocycles. The van der Waals surface area contributed by atoms with Gasteiger partial charge in [0, 0.05) is 6.20 Å². The summed E-state index contributed by atoms with van der Waals surface area (Å²) < 4.78 is 0.623. The minimum Gasteiger partial charge on any atom is -0.368 e. The van der Waals surface area contributed by atoms with Gasteiger partial charge in [-0.3, -0.25) is 10.2 Å². The summed E-state index contributed by atoms with van der Waals surface area (Å²) in [4.78, 5) is 18.3. The Morgan fingerprint density at radius 3 is 2.93 bits per heavy atom. The highest BCUT2D eigenvalue weighted by molar-refractivity contribution is 9.10. The number of nitrogens with zero attached hydrogens (tertiary/aromatic N) is 2. The van der Waals surface area contributed by atoms with E-state index in [2.05, 4.69) is 36.6 Å². The van der Waals surface area contributed by atoms with E-state index in [1.165, 1.54) is 6.20 Å². The number of carbonyl (C=O) groups excluding carboxylic acids is 1. The van der Waals surface area contributed by atoms with Gasteiger partial charge in [-0.05, 0) is 15.9 Å². The van der Waals surface area contributed by atoms with Gasteiger partial charge < -0.3 is 11.1 Å². The van der Waals surface area contributed by atoms with Gasteiger partial charge in [-0.25, -0.2) is 10.8 Å². The smallest absolute Gasteiger partial charge is 0.239 e. The number of nitrogens with two attached hydrogens (primary N) is 2. The molecule has 1 amide bonds. The molecule has 1 rings (SSSR count). The van der Waals surface area contributed by atoms with Gasteiger partial charge in [-0.2, -0.15) is 4.98 Å². The number of primary amides is 1. The first-order valence-corrected chi connectivity index (χ1v) is 4.44. The Hall–Kier alpha value is -1.41. The largest absolute Gasteiger partial charge is 0.368 e. The number of hydrogen-bond donors (Lipinski definition) is 4. The van der Waals surface area contributed by atoms with E-state index in [0.29, 0.717) is 10.3 Å². The molecule has 14 heavy (non-hydrogen) atoms. The first-order valence-electron chi connectivity index (χ1n) is 3.65. The number of halogens is 1. The SMILES string of the molecule is NNc1ncc(Br)c(NCC(N)=O)n1. The van der Waals surface area contributed by atoms with Crippen molar-refractivity contribution < 1.29 is 4.79 Å². The van der Waals surface area contributed by atoms with Crippen LogP contribution >= 0.6 is 15.9 Å². The summed E-state index contributed by atoms with van der Waals surface area (Å²) in [5.41, 5.74) is 7.24. The van der Waals surface area contributed by atoms with Crippen LogP contribution in [0.5, 0.6) is 0 Å². The highest BCUT2D eigenvalue weighted by Gasteiger charge is 2.04. The highest BCUT2D eigenvalue weighted by Crippen LogP contribution is 2.19. The second kappa shape index (κ2) is 4.72. The van der Waals surface area contributed by atoms with Crippen molar-refractivity contribution in [3.8, 4) is 0 Å². The third-order valence-electron chi connectivity index (χ3n) is 1.30. The first kappa shape index (κ1) is 10.7. The summed E-state index contributed by atoms with van der Waals surface area (Å²) >= 11 is 3.20. The van der Waals surface area contributed by atoms with Crippen LogP contribution in [0.15, 0.2) is 10.7 Å².